The molecule has 0 N–H and O–H groups in total. The van der Waals surface area contributed by atoms with Crippen LogP contribution in [0.15, 0.2) is 40.6 Å². The molecule has 83 valence electrons. The van der Waals surface area contributed by atoms with E-state index >= 15 is 0 Å². The minimum absolute atomic E-state index is 0. The molecule has 0 atom stereocenters. The molecule has 0 fully saturated rings. The Morgan fingerprint density at radius 2 is 1.93 bits per heavy atom. The molecule has 1 radical (unpaired) electrons. The molecular weight excluding hydrogens is 255 g/mol. The normalized spacial score (nSPS) is 9.64. The van der Waals surface area contributed by atoms with Gasteiger partial charge in [-0.2, -0.15) is 18.2 Å². The maximum atomic E-state index is 4.86. The largest absolute Gasteiger partial charge is 0.789 e. The number of unbranched alkanes of at least 4 members (excludes halogenated alkanes) is 1. The van der Waals surface area contributed by atoms with Crippen molar-refractivity contribution in [2.75, 3.05) is 0 Å². The maximum Gasteiger partial charge on any atom is 0 e. The topological polar surface area (TPSA) is 0 Å². The smallest absolute Gasteiger partial charge is 0 e. The zero-order chi connectivity index (χ0) is 9.94. The van der Waals surface area contributed by atoms with Crippen molar-refractivity contribution in [1.29, 1.82) is 0 Å². The van der Waals surface area contributed by atoms with E-state index in [1.807, 2.05) is 30.3 Å². The molecule has 0 saturated carbocycles. The Labute approximate surface area is 109 Å². The Balaban J connectivity index is 0. The second kappa shape index (κ2) is 13.0. The average molecular weight is 270 g/mol. The number of hydrogen-bond donors (Lipinski definition) is 0. The molecule has 0 nitrogen and oxygen atoms in total. The van der Waals surface area contributed by atoms with Crippen molar-refractivity contribution in [3.8, 4) is 0 Å². The van der Waals surface area contributed by atoms with Gasteiger partial charge in [0.25, 0.3) is 0 Å². The average Bonchev–Trinajstić information content (AvgIpc) is 2.72. The fourth-order valence-electron chi connectivity index (χ4n) is 0.731. The number of allylic oxidation sites excluding steroid dienone is 1. The fourth-order valence-corrected chi connectivity index (χ4v) is 0.993. The van der Waals surface area contributed by atoms with Gasteiger partial charge in [-0.05, 0) is 0 Å². The molecule has 1 aromatic rings. The van der Waals surface area contributed by atoms with E-state index in [2.05, 4.69) is 19.6 Å². The first-order chi connectivity index (χ1) is 6.31. The third kappa shape index (κ3) is 12.0. The molecule has 14 heavy (non-hydrogen) atoms. The molecule has 0 heterocycles. The van der Waals surface area contributed by atoms with E-state index in [4.69, 9.17) is 12.6 Å². The zero-order valence-corrected chi connectivity index (χ0v) is 10.9. The summed E-state index contributed by atoms with van der Waals surface area (Å²) in [7, 11) is 0. The SMILES string of the molecule is CCCC/C([S-])=C/[S-].[Co].c1cc[cH-]c1. The quantitative estimate of drug-likeness (QED) is 0.609. The third-order valence-electron chi connectivity index (χ3n) is 1.46. The first kappa shape index (κ1) is 16.5. The van der Waals surface area contributed by atoms with E-state index in [1.165, 1.54) is 12.8 Å². The summed E-state index contributed by atoms with van der Waals surface area (Å²) in [5.41, 5.74) is 0. The van der Waals surface area contributed by atoms with Crippen LogP contribution in [0.1, 0.15) is 26.2 Å². The van der Waals surface area contributed by atoms with Gasteiger partial charge >= 0.3 is 0 Å². The minimum Gasteiger partial charge on any atom is -0.789 e. The number of rotatable bonds is 3. The van der Waals surface area contributed by atoms with E-state index in [9.17, 15) is 0 Å². The maximum absolute atomic E-state index is 4.86. The Kier molecular flexibility index (Phi) is 15.3. The van der Waals surface area contributed by atoms with Crippen LogP contribution >= 0.6 is 0 Å². The predicted octanol–water partition coefficient (Wildman–Crippen LogP) is 3.51. The number of hydrogen-bond acceptors (Lipinski definition) is 2. The van der Waals surface area contributed by atoms with Crippen molar-refractivity contribution < 1.29 is 16.8 Å². The van der Waals surface area contributed by atoms with Crippen molar-refractivity contribution in [3.63, 3.8) is 0 Å². The van der Waals surface area contributed by atoms with Crippen molar-refractivity contribution in [2.24, 2.45) is 0 Å². The van der Waals surface area contributed by atoms with Gasteiger partial charge in [-0.3, -0.25) is 0 Å². The second-order valence-corrected chi connectivity index (χ2v) is 3.41. The summed E-state index contributed by atoms with van der Waals surface area (Å²) in [6.07, 6.45) is 3.37. The molecule has 0 aliphatic carbocycles. The van der Waals surface area contributed by atoms with E-state index in [0.29, 0.717) is 0 Å². The summed E-state index contributed by atoms with van der Waals surface area (Å²) in [6.45, 7) is 2.14. The van der Waals surface area contributed by atoms with Gasteiger partial charge in [0.2, 0.25) is 0 Å². The van der Waals surface area contributed by atoms with Gasteiger partial charge in [-0.1, -0.05) is 26.2 Å². The van der Waals surface area contributed by atoms with Crippen LogP contribution in [0.25, 0.3) is 0 Å². The van der Waals surface area contributed by atoms with Crippen LogP contribution in [-0.2, 0) is 42.0 Å². The molecule has 1 aromatic carbocycles. The van der Waals surface area contributed by atoms with Crippen LogP contribution in [0.5, 0.6) is 0 Å². The molecule has 0 aromatic heterocycles. The molecule has 0 unspecified atom stereocenters. The molecule has 1 rings (SSSR count). The first-order valence-corrected chi connectivity index (χ1v) is 5.34. The summed E-state index contributed by atoms with van der Waals surface area (Å²) >= 11 is 9.48. The van der Waals surface area contributed by atoms with Crippen molar-refractivity contribution in [1.82, 2.24) is 0 Å². The van der Waals surface area contributed by atoms with Gasteiger partial charge in [0.15, 0.2) is 0 Å². The van der Waals surface area contributed by atoms with Gasteiger partial charge in [-0.25, -0.2) is 22.4 Å². The van der Waals surface area contributed by atoms with E-state index in [0.717, 1.165) is 11.3 Å². The molecule has 0 amide bonds. The van der Waals surface area contributed by atoms with Gasteiger partial charge in [0.05, 0.1) is 0 Å². The summed E-state index contributed by atoms with van der Waals surface area (Å²) in [5.74, 6) is 0. The fraction of sp³-hybridized carbons (Fsp3) is 0.364. The Hall–Kier alpha value is 0.0365. The van der Waals surface area contributed by atoms with Crippen molar-refractivity contribution in [2.45, 2.75) is 26.2 Å². The molecular formula is C11H15CoS2-3. The van der Waals surface area contributed by atoms with Crippen molar-refractivity contribution >= 4 is 25.3 Å². The van der Waals surface area contributed by atoms with E-state index < -0.39 is 0 Å². The van der Waals surface area contributed by atoms with Crippen LogP contribution < -0.4 is 0 Å². The second-order valence-electron chi connectivity index (χ2n) is 2.65. The van der Waals surface area contributed by atoms with Gasteiger partial charge in [-0.15, -0.1) is 0 Å². The van der Waals surface area contributed by atoms with Gasteiger partial charge < -0.3 is 25.3 Å². The molecule has 0 spiro atoms. The zero-order valence-electron chi connectivity index (χ0n) is 8.24. The summed E-state index contributed by atoms with van der Waals surface area (Å²) in [4.78, 5) is 0.918. The molecule has 0 bridgehead atoms. The molecule has 3 heteroatoms. The predicted molar refractivity (Wildman–Crippen MR) is 64.4 cm³/mol. The minimum atomic E-state index is 0. The van der Waals surface area contributed by atoms with Crippen LogP contribution in [-0.4, -0.2) is 0 Å². The monoisotopic (exact) mass is 270 g/mol. The van der Waals surface area contributed by atoms with E-state index in [1.54, 1.807) is 5.41 Å². The van der Waals surface area contributed by atoms with Crippen LogP contribution in [0.3, 0.4) is 0 Å². The van der Waals surface area contributed by atoms with Crippen molar-refractivity contribution in [3.05, 3.63) is 40.6 Å². The molecule has 0 aliphatic rings. The van der Waals surface area contributed by atoms with Gasteiger partial charge in [0, 0.05) is 16.8 Å². The Bertz CT molecular complexity index is 188. The standard InChI is InChI=1S/C6H12S2.C5H5.Co/c1-2-3-4-6(8)5-7;1-2-4-5-3-1;/h5,7-8H,2-4H2,1H3;1-5H;/q;-1;/p-2/b6-5-;;. The molecule has 0 saturated heterocycles. The van der Waals surface area contributed by atoms with Crippen LogP contribution in [0.2, 0.25) is 0 Å². The molecule has 0 aliphatic heterocycles. The Morgan fingerprint density at radius 3 is 2.21 bits per heavy atom. The summed E-state index contributed by atoms with van der Waals surface area (Å²) < 4.78 is 0. The first-order valence-electron chi connectivity index (χ1n) is 4.46. The Morgan fingerprint density at radius 1 is 1.36 bits per heavy atom. The third-order valence-corrected chi connectivity index (χ3v) is 2.22. The van der Waals surface area contributed by atoms with Crippen LogP contribution in [0, 0.1) is 0 Å². The summed E-state index contributed by atoms with van der Waals surface area (Å²) in [6, 6.07) is 10.0. The van der Waals surface area contributed by atoms with Gasteiger partial charge in [0.1, 0.15) is 0 Å². The summed E-state index contributed by atoms with van der Waals surface area (Å²) in [5, 5.41) is 1.59. The van der Waals surface area contributed by atoms with E-state index in [-0.39, 0.29) is 16.8 Å². The van der Waals surface area contributed by atoms with Crippen LogP contribution in [0.4, 0.5) is 0 Å².